The average Bonchev–Trinajstić information content (AvgIpc) is 3.23. The second kappa shape index (κ2) is 9.58. The van der Waals surface area contributed by atoms with Crippen LogP contribution < -0.4 is 10.2 Å². The van der Waals surface area contributed by atoms with Gasteiger partial charge in [0.25, 0.3) is 5.91 Å². The minimum absolute atomic E-state index is 0.144. The summed E-state index contributed by atoms with van der Waals surface area (Å²) in [5.41, 5.74) is 0.435. The molecule has 0 saturated carbocycles. The first-order valence-corrected chi connectivity index (χ1v) is 11.7. The Hall–Kier alpha value is -1.77. The van der Waals surface area contributed by atoms with Crippen molar-refractivity contribution in [1.82, 2.24) is 20.2 Å². The number of pyridine rings is 1. The van der Waals surface area contributed by atoms with E-state index in [4.69, 9.17) is 11.6 Å². The van der Waals surface area contributed by atoms with Crippen molar-refractivity contribution >= 4 is 34.0 Å². The molecule has 2 aliphatic heterocycles. The number of piperidine rings is 2. The summed E-state index contributed by atoms with van der Waals surface area (Å²) in [5, 5.41) is 3.88. The topological polar surface area (TPSA) is 61.4 Å². The van der Waals surface area contributed by atoms with Crippen LogP contribution in [0.25, 0.3) is 0 Å². The Kier molecular flexibility index (Phi) is 6.85. The Bertz CT molecular complexity index is 886. The van der Waals surface area contributed by atoms with Crippen LogP contribution in [0.5, 0.6) is 0 Å². The summed E-state index contributed by atoms with van der Waals surface area (Å²) < 4.78 is 13.1. The van der Waals surface area contributed by atoms with Crippen molar-refractivity contribution in [1.29, 1.82) is 0 Å². The minimum atomic E-state index is -0.499. The van der Waals surface area contributed by atoms with E-state index in [0.29, 0.717) is 16.6 Å². The first-order valence-electron chi connectivity index (χ1n) is 10.5. The van der Waals surface area contributed by atoms with Crippen LogP contribution in [-0.4, -0.2) is 53.0 Å². The fourth-order valence-corrected chi connectivity index (χ4v) is 5.42. The van der Waals surface area contributed by atoms with E-state index in [9.17, 15) is 9.18 Å². The molecule has 2 saturated heterocycles. The third kappa shape index (κ3) is 5.10. The Balaban J connectivity index is 1.29. The molecule has 1 atom stereocenters. The van der Waals surface area contributed by atoms with Crippen LogP contribution in [0, 0.1) is 11.7 Å². The van der Waals surface area contributed by atoms with Gasteiger partial charge in [0, 0.05) is 25.7 Å². The van der Waals surface area contributed by atoms with E-state index in [1.165, 1.54) is 43.3 Å². The maximum Gasteiger partial charge on any atom is 0.263 e. The highest BCUT2D eigenvalue weighted by Gasteiger charge is 2.28. The van der Waals surface area contributed by atoms with Gasteiger partial charge in [0.1, 0.15) is 10.7 Å². The van der Waals surface area contributed by atoms with Gasteiger partial charge in [-0.3, -0.25) is 14.7 Å². The molecular weight excluding hydrogens is 425 g/mol. The molecule has 0 aliphatic carbocycles. The summed E-state index contributed by atoms with van der Waals surface area (Å²) >= 11 is 7.37. The molecule has 2 aromatic heterocycles. The number of carbonyl (C=O) groups excluding carboxylic acids is 1. The Morgan fingerprint density at radius 3 is 2.80 bits per heavy atom. The van der Waals surface area contributed by atoms with Gasteiger partial charge in [0.15, 0.2) is 5.13 Å². The van der Waals surface area contributed by atoms with E-state index < -0.39 is 5.82 Å². The van der Waals surface area contributed by atoms with Gasteiger partial charge in [-0.05, 0) is 44.2 Å². The van der Waals surface area contributed by atoms with Gasteiger partial charge in [0.2, 0.25) is 0 Å². The van der Waals surface area contributed by atoms with Gasteiger partial charge in [-0.2, -0.15) is 0 Å². The first-order chi connectivity index (χ1) is 14.5. The van der Waals surface area contributed by atoms with Crippen molar-refractivity contribution in [2.75, 3.05) is 31.1 Å². The highest BCUT2D eigenvalue weighted by atomic mass is 35.5. The molecule has 1 N–H and O–H groups in total. The monoisotopic (exact) mass is 451 g/mol. The van der Waals surface area contributed by atoms with Crippen molar-refractivity contribution in [3.05, 3.63) is 39.9 Å². The lowest BCUT2D eigenvalue weighted by Crippen LogP contribution is -2.48. The molecule has 30 heavy (non-hydrogen) atoms. The molecular formula is C21H27ClFN5OS. The van der Waals surface area contributed by atoms with Crippen LogP contribution >= 0.6 is 22.9 Å². The lowest BCUT2D eigenvalue weighted by Gasteiger charge is -2.41. The molecule has 9 heteroatoms. The fourth-order valence-electron chi connectivity index (χ4n) is 4.32. The maximum atomic E-state index is 13.1. The molecule has 0 spiro atoms. The van der Waals surface area contributed by atoms with Gasteiger partial charge in [-0.1, -0.05) is 29.9 Å². The molecule has 0 aromatic carbocycles. The van der Waals surface area contributed by atoms with E-state index in [2.05, 4.69) is 32.0 Å². The van der Waals surface area contributed by atoms with Crippen molar-refractivity contribution in [2.45, 2.75) is 45.2 Å². The number of thiazole rings is 1. The van der Waals surface area contributed by atoms with Gasteiger partial charge in [-0.25, -0.2) is 9.37 Å². The second-order valence-electron chi connectivity index (χ2n) is 8.23. The van der Waals surface area contributed by atoms with E-state index in [-0.39, 0.29) is 17.5 Å². The molecule has 0 bridgehead atoms. The molecule has 162 valence electrons. The highest BCUT2D eigenvalue weighted by Crippen LogP contribution is 2.29. The fraction of sp³-hybridized carbons (Fsp3) is 0.571. The molecule has 2 aliphatic rings. The molecule has 1 amide bonds. The third-order valence-electron chi connectivity index (χ3n) is 5.96. The number of halogens is 2. The normalized spacial score (nSPS) is 21.0. The van der Waals surface area contributed by atoms with Gasteiger partial charge < -0.3 is 10.2 Å². The van der Waals surface area contributed by atoms with Gasteiger partial charge in [0.05, 0.1) is 29.7 Å². The number of hydrogen-bond acceptors (Lipinski definition) is 6. The van der Waals surface area contributed by atoms with E-state index in [1.807, 2.05) is 0 Å². The van der Waals surface area contributed by atoms with Crippen molar-refractivity contribution in [3.8, 4) is 0 Å². The molecule has 0 radical (unpaired) electrons. The smallest absolute Gasteiger partial charge is 0.263 e. The van der Waals surface area contributed by atoms with Crippen molar-refractivity contribution < 1.29 is 9.18 Å². The second-order valence-corrected chi connectivity index (χ2v) is 9.65. The summed E-state index contributed by atoms with van der Waals surface area (Å²) in [6, 6.07) is 1.86. The first kappa shape index (κ1) is 21.5. The summed E-state index contributed by atoms with van der Waals surface area (Å²) in [6.45, 7) is 6.88. The van der Waals surface area contributed by atoms with Crippen LogP contribution in [-0.2, 0) is 6.54 Å². The number of rotatable bonds is 5. The Labute approximate surface area is 185 Å². The van der Waals surface area contributed by atoms with E-state index in [1.54, 1.807) is 6.20 Å². The van der Waals surface area contributed by atoms with E-state index >= 15 is 0 Å². The quantitative estimate of drug-likeness (QED) is 0.745. The molecule has 4 rings (SSSR count). The number of nitrogens with one attached hydrogen (secondary N) is 1. The van der Waals surface area contributed by atoms with Crippen LogP contribution in [0.4, 0.5) is 9.52 Å². The number of hydrogen-bond donors (Lipinski definition) is 1. The van der Waals surface area contributed by atoms with E-state index in [0.717, 1.165) is 43.2 Å². The number of aromatic nitrogens is 2. The van der Waals surface area contributed by atoms with Crippen LogP contribution in [0.1, 0.15) is 48.0 Å². The number of amides is 1. The highest BCUT2D eigenvalue weighted by molar-refractivity contribution is 7.17. The van der Waals surface area contributed by atoms with Crippen LogP contribution in [0.3, 0.4) is 0 Å². The largest absolute Gasteiger partial charge is 0.348 e. The number of anilines is 1. The standard InChI is InChI=1S/C21H27ClFN5OS/c1-14-3-2-6-28(13-14)16-4-7-27(8-5-16)21-26-12-19(30-21)20(29)25-11-18-17(22)9-15(23)10-24-18/h9-10,12,14,16H,2-8,11,13H2,1H3,(H,25,29)/t14-/m1/s1. The van der Waals surface area contributed by atoms with Gasteiger partial charge in [-0.15, -0.1) is 0 Å². The maximum absolute atomic E-state index is 13.1. The lowest BCUT2D eigenvalue weighted by atomic mass is 9.95. The zero-order valence-corrected chi connectivity index (χ0v) is 18.7. The molecule has 6 nitrogen and oxygen atoms in total. The summed E-state index contributed by atoms with van der Waals surface area (Å²) in [6.07, 6.45) is 7.65. The SMILES string of the molecule is C[C@@H]1CCCN(C2CCN(c3ncc(C(=O)NCc4ncc(F)cc4Cl)s3)CC2)C1. The molecule has 4 heterocycles. The van der Waals surface area contributed by atoms with Crippen molar-refractivity contribution in [3.63, 3.8) is 0 Å². The van der Waals surface area contributed by atoms with Crippen molar-refractivity contribution in [2.24, 2.45) is 5.92 Å². The summed E-state index contributed by atoms with van der Waals surface area (Å²) in [5.74, 6) is 0.0793. The zero-order chi connectivity index (χ0) is 21.1. The van der Waals surface area contributed by atoms with Crippen LogP contribution in [0.2, 0.25) is 5.02 Å². The average molecular weight is 452 g/mol. The third-order valence-corrected chi connectivity index (χ3v) is 7.34. The number of carbonyl (C=O) groups is 1. The zero-order valence-electron chi connectivity index (χ0n) is 17.1. The number of nitrogens with zero attached hydrogens (tertiary/aromatic N) is 4. The Morgan fingerprint density at radius 2 is 2.07 bits per heavy atom. The Morgan fingerprint density at radius 1 is 1.27 bits per heavy atom. The molecule has 0 unspecified atom stereocenters. The minimum Gasteiger partial charge on any atom is -0.348 e. The number of likely N-dealkylation sites (tertiary alicyclic amines) is 1. The predicted octanol–water partition coefficient (Wildman–Crippen LogP) is 3.96. The summed E-state index contributed by atoms with van der Waals surface area (Å²) in [4.78, 5) is 26.4. The summed E-state index contributed by atoms with van der Waals surface area (Å²) in [7, 11) is 0. The predicted molar refractivity (Wildman–Crippen MR) is 118 cm³/mol. The lowest BCUT2D eigenvalue weighted by molar-refractivity contribution is 0.0954. The van der Waals surface area contributed by atoms with Crippen LogP contribution in [0.15, 0.2) is 18.5 Å². The molecule has 2 fully saturated rings. The molecule has 2 aromatic rings. The van der Waals surface area contributed by atoms with Gasteiger partial charge >= 0.3 is 0 Å².